The summed E-state index contributed by atoms with van der Waals surface area (Å²) in [4.78, 5) is 12.3. The van der Waals surface area contributed by atoms with Crippen LogP contribution in [0.5, 0.6) is 11.5 Å². The zero-order valence-corrected chi connectivity index (χ0v) is 16.7. The smallest absolute Gasteiger partial charge is 0.276 e. The Morgan fingerprint density at radius 2 is 1.69 bits per heavy atom. The molecule has 1 amide bonds. The number of carbonyl (C=O) groups is 1. The average Bonchev–Trinajstić information content (AvgIpc) is 2.75. The monoisotopic (exact) mass is 392 g/mol. The molecule has 1 heterocycles. The van der Waals surface area contributed by atoms with E-state index in [2.05, 4.69) is 20.8 Å². The molecule has 0 aliphatic heterocycles. The first-order valence-corrected chi connectivity index (χ1v) is 9.25. The van der Waals surface area contributed by atoms with E-state index in [9.17, 15) is 4.79 Å². The van der Waals surface area contributed by atoms with Gasteiger partial charge < -0.3 is 20.1 Å². The molecule has 0 fully saturated rings. The second kappa shape index (κ2) is 9.54. The van der Waals surface area contributed by atoms with Crippen LogP contribution in [-0.2, 0) is 6.42 Å². The van der Waals surface area contributed by atoms with Crippen LogP contribution in [0.15, 0.2) is 54.6 Å². The molecule has 1 aromatic heterocycles. The predicted octanol–water partition coefficient (Wildman–Crippen LogP) is 3.71. The summed E-state index contributed by atoms with van der Waals surface area (Å²) in [7, 11) is 3.23. The van der Waals surface area contributed by atoms with Crippen molar-refractivity contribution in [3.63, 3.8) is 0 Å². The number of nitrogens with zero attached hydrogens (tertiary/aromatic N) is 2. The Labute approximate surface area is 170 Å². The molecule has 3 aromatic rings. The predicted molar refractivity (Wildman–Crippen MR) is 113 cm³/mol. The van der Waals surface area contributed by atoms with Crippen molar-refractivity contribution in [1.82, 2.24) is 10.2 Å². The van der Waals surface area contributed by atoms with Gasteiger partial charge >= 0.3 is 0 Å². The van der Waals surface area contributed by atoms with Crippen molar-refractivity contribution < 1.29 is 14.3 Å². The molecule has 2 aromatic carbocycles. The van der Waals surface area contributed by atoms with Crippen molar-refractivity contribution >= 4 is 17.4 Å². The summed E-state index contributed by atoms with van der Waals surface area (Å²) in [5.41, 5.74) is 3.22. The molecule has 0 bridgehead atoms. The maximum absolute atomic E-state index is 12.3. The number of methoxy groups -OCH3 is 2. The van der Waals surface area contributed by atoms with Crippen molar-refractivity contribution in [2.24, 2.45) is 0 Å². The first kappa shape index (κ1) is 20.1. The number of benzene rings is 2. The van der Waals surface area contributed by atoms with Gasteiger partial charge in [-0.15, -0.1) is 10.2 Å². The number of hydrogen-bond donors (Lipinski definition) is 2. The standard InChI is InChI=1S/C22H24N4O3/c1-15-4-7-17(8-5-15)24-22(27)18-9-11-21(26-25-18)23-13-12-16-6-10-19(28-2)20(14-16)29-3/h4-11,14H,12-13H2,1-3H3,(H,23,26)(H,24,27). The molecule has 0 saturated heterocycles. The van der Waals surface area contributed by atoms with Crippen LogP contribution in [0.3, 0.4) is 0 Å². The summed E-state index contributed by atoms with van der Waals surface area (Å²) in [5.74, 6) is 1.72. The summed E-state index contributed by atoms with van der Waals surface area (Å²) >= 11 is 0. The number of nitrogens with one attached hydrogen (secondary N) is 2. The van der Waals surface area contributed by atoms with E-state index in [1.54, 1.807) is 26.4 Å². The number of aryl methyl sites for hydroxylation is 1. The maximum Gasteiger partial charge on any atom is 0.276 e. The van der Waals surface area contributed by atoms with Crippen molar-refractivity contribution in [1.29, 1.82) is 0 Å². The fourth-order valence-electron chi connectivity index (χ4n) is 2.75. The van der Waals surface area contributed by atoms with E-state index in [-0.39, 0.29) is 11.6 Å². The number of rotatable bonds is 8. The number of hydrogen-bond acceptors (Lipinski definition) is 6. The van der Waals surface area contributed by atoms with Crippen LogP contribution in [0.1, 0.15) is 21.6 Å². The molecule has 3 rings (SSSR count). The molecule has 2 N–H and O–H groups in total. The van der Waals surface area contributed by atoms with Gasteiger partial charge in [-0.25, -0.2) is 0 Å². The van der Waals surface area contributed by atoms with Gasteiger partial charge in [-0.05, 0) is 55.3 Å². The van der Waals surface area contributed by atoms with Crippen LogP contribution in [0, 0.1) is 6.92 Å². The third-order valence-electron chi connectivity index (χ3n) is 4.37. The minimum absolute atomic E-state index is 0.260. The highest BCUT2D eigenvalue weighted by Crippen LogP contribution is 2.27. The molecular formula is C22H24N4O3. The van der Waals surface area contributed by atoms with E-state index in [4.69, 9.17) is 9.47 Å². The van der Waals surface area contributed by atoms with Crippen LogP contribution in [0.4, 0.5) is 11.5 Å². The van der Waals surface area contributed by atoms with Crippen molar-refractivity contribution in [3.05, 3.63) is 71.4 Å². The minimum atomic E-state index is -0.293. The van der Waals surface area contributed by atoms with Gasteiger partial charge in [-0.2, -0.15) is 0 Å². The zero-order chi connectivity index (χ0) is 20.6. The Morgan fingerprint density at radius 3 is 2.34 bits per heavy atom. The third kappa shape index (κ3) is 5.44. The van der Waals surface area contributed by atoms with Gasteiger partial charge in [-0.1, -0.05) is 23.8 Å². The molecule has 0 saturated carbocycles. The molecule has 0 unspecified atom stereocenters. The summed E-state index contributed by atoms with van der Waals surface area (Å²) in [6, 6.07) is 16.8. The van der Waals surface area contributed by atoms with E-state index in [1.165, 1.54) is 0 Å². The lowest BCUT2D eigenvalue weighted by atomic mass is 10.1. The lowest BCUT2D eigenvalue weighted by molar-refractivity contribution is 0.102. The highest BCUT2D eigenvalue weighted by atomic mass is 16.5. The highest BCUT2D eigenvalue weighted by Gasteiger charge is 2.09. The summed E-state index contributed by atoms with van der Waals surface area (Å²) in [6.45, 7) is 2.66. The number of ether oxygens (including phenoxy) is 2. The normalized spacial score (nSPS) is 10.3. The highest BCUT2D eigenvalue weighted by molar-refractivity contribution is 6.02. The molecule has 0 aliphatic carbocycles. The SMILES string of the molecule is COc1ccc(CCNc2ccc(C(=O)Nc3ccc(C)cc3)nn2)cc1OC. The summed E-state index contributed by atoms with van der Waals surface area (Å²) in [5, 5.41) is 14.1. The van der Waals surface area contributed by atoms with E-state index in [1.807, 2.05) is 49.4 Å². The first-order valence-electron chi connectivity index (χ1n) is 9.25. The molecule has 0 atom stereocenters. The number of aromatic nitrogens is 2. The quantitative estimate of drug-likeness (QED) is 0.608. The van der Waals surface area contributed by atoms with Gasteiger partial charge in [0.2, 0.25) is 0 Å². The van der Waals surface area contributed by atoms with Crippen LogP contribution in [0.25, 0.3) is 0 Å². The Bertz CT molecular complexity index is 957. The van der Waals surface area contributed by atoms with E-state index in [0.29, 0.717) is 23.9 Å². The fraction of sp³-hybridized carbons (Fsp3) is 0.227. The molecule has 150 valence electrons. The van der Waals surface area contributed by atoms with Crippen LogP contribution >= 0.6 is 0 Å². The fourth-order valence-corrected chi connectivity index (χ4v) is 2.75. The lowest BCUT2D eigenvalue weighted by Crippen LogP contribution is -2.15. The lowest BCUT2D eigenvalue weighted by Gasteiger charge is -2.10. The second-order valence-electron chi connectivity index (χ2n) is 6.49. The second-order valence-corrected chi connectivity index (χ2v) is 6.49. The van der Waals surface area contributed by atoms with Crippen molar-refractivity contribution in [3.8, 4) is 11.5 Å². The largest absolute Gasteiger partial charge is 0.493 e. The van der Waals surface area contributed by atoms with Crippen molar-refractivity contribution in [2.45, 2.75) is 13.3 Å². The third-order valence-corrected chi connectivity index (χ3v) is 4.37. The molecule has 29 heavy (non-hydrogen) atoms. The van der Waals surface area contributed by atoms with E-state index < -0.39 is 0 Å². The van der Waals surface area contributed by atoms with Gasteiger partial charge in [0, 0.05) is 12.2 Å². The van der Waals surface area contributed by atoms with Gasteiger partial charge in [0.1, 0.15) is 5.82 Å². The molecule has 0 aliphatic rings. The number of amides is 1. The first-order chi connectivity index (χ1) is 14.1. The minimum Gasteiger partial charge on any atom is -0.493 e. The maximum atomic E-state index is 12.3. The molecular weight excluding hydrogens is 368 g/mol. The number of anilines is 2. The van der Waals surface area contributed by atoms with Crippen LogP contribution in [-0.4, -0.2) is 36.9 Å². The van der Waals surface area contributed by atoms with Crippen LogP contribution < -0.4 is 20.1 Å². The summed E-state index contributed by atoms with van der Waals surface area (Å²) in [6.07, 6.45) is 0.775. The average molecular weight is 392 g/mol. The van der Waals surface area contributed by atoms with Crippen LogP contribution in [0.2, 0.25) is 0 Å². The molecule has 7 heteroatoms. The van der Waals surface area contributed by atoms with Gasteiger partial charge in [-0.3, -0.25) is 4.79 Å². The van der Waals surface area contributed by atoms with Gasteiger partial charge in [0.25, 0.3) is 5.91 Å². The Kier molecular flexibility index (Phi) is 6.63. The Hall–Kier alpha value is -3.61. The van der Waals surface area contributed by atoms with Crippen molar-refractivity contribution in [2.75, 3.05) is 31.4 Å². The number of carbonyl (C=O) groups excluding carboxylic acids is 1. The Morgan fingerprint density at radius 1 is 0.931 bits per heavy atom. The van der Waals surface area contributed by atoms with Gasteiger partial charge in [0.05, 0.1) is 14.2 Å². The molecule has 7 nitrogen and oxygen atoms in total. The van der Waals surface area contributed by atoms with E-state index in [0.717, 1.165) is 23.2 Å². The Balaban J connectivity index is 1.52. The zero-order valence-electron chi connectivity index (χ0n) is 16.7. The molecule has 0 radical (unpaired) electrons. The summed E-state index contributed by atoms with van der Waals surface area (Å²) < 4.78 is 10.6. The topological polar surface area (TPSA) is 85.4 Å². The molecule has 0 spiro atoms. The van der Waals surface area contributed by atoms with E-state index >= 15 is 0 Å². The van der Waals surface area contributed by atoms with Gasteiger partial charge in [0.15, 0.2) is 17.2 Å².